The second kappa shape index (κ2) is 3.70. The molecule has 0 aliphatic rings. The third-order valence-corrected chi connectivity index (χ3v) is 3.02. The highest BCUT2D eigenvalue weighted by atomic mass is 14.9. The minimum atomic E-state index is 0.715. The van der Waals surface area contributed by atoms with Gasteiger partial charge in [-0.2, -0.15) is 0 Å². The van der Waals surface area contributed by atoms with Crippen LogP contribution >= 0.6 is 0 Å². The van der Waals surface area contributed by atoms with Gasteiger partial charge in [0, 0.05) is 18.6 Å². The van der Waals surface area contributed by atoms with Gasteiger partial charge in [-0.3, -0.25) is 0 Å². The van der Waals surface area contributed by atoms with Gasteiger partial charge in [0.15, 0.2) is 0 Å². The van der Waals surface area contributed by atoms with Gasteiger partial charge < -0.3 is 10.3 Å². The Kier molecular flexibility index (Phi) is 2.53. The molecule has 0 saturated heterocycles. The zero-order valence-electron chi connectivity index (χ0n) is 9.67. The summed E-state index contributed by atoms with van der Waals surface area (Å²) in [7, 11) is 2.11. The molecular formula is C13H18N2. The SMILES string of the molecule is Cc1ccc(C)c2c1c(CCN)cn2C. The molecule has 0 spiro atoms. The summed E-state index contributed by atoms with van der Waals surface area (Å²) in [4.78, 5) is 0. The molecule has 1 heterocycles. The van der Waals surface area contributed by atoms with Crippen molar-refractivity contribution >= 4 is 10.9 Å². The van der Waals surface area contributed by atoms with Crippen molar-refractivity contribution in [2.75, 3.05) is 6.54 Å². The maximum atomic E-state index is 5.64. The maximum absolute atomic E-state index is 5.64. The van der Waals surface area contributed by atoms with Gasteiger partial charge in [-0.25, -0.2) is 0 Å². The summed E-state index contributed by atoms with van der Waals surface area (Å²) in [5.41, 5.74) is 11.0. The van der Waals surface area contributed by atoms with Crippen LogP contribution in [0.1, 0.15) is 16.7 Å². The lowest BCUT2D eigenvalue weighted by Crippen LogP contribution is -2.02. The quantitative estimate of drug-likeness (QED) is 0.796. The van der Waals surface area contributed by atoms with E-state index in [1.54, 1.807) is 0 Å². The first-order chi connectivity index (χ1) is 7.15. The molecule has 2 N–H and O–H groups in total. The predicted molar refractivity (Wildman–Crippen MR) is 65.2 cm³/mol. The molecule has 0 fully saturated rings. The van der Waals surface area contributed by atoms with Crippen molar-refractivity contribution in [1.29, 1.82) is 0 Å². The van der Waals surface area contributed by atoms with Gasteiger partial charge in [0.05, 0.1) is 5.52 Å². The molecule has 1 aromatic heterocycles. The van der Waals surface area contributed by atoms with Crippen molar-refractivity contribution in [3.05, 3.63) is 35.0 Å². The average molecular weight is 202 g/mol. The Morgan fingerprint density at radius 3 is 2.53 bits per heavy atom. The molecule has 0 radical (unpaired) electrons. The second-order valence-electron chi connectivity index (χ2n) is 4.23. The van der Waals surface area contributed by atoms with Crippen molar-refractivity contribution in [2.45, 2.75) is 20.3 Å². The number of hydrogen-bond acceptors (Lipinski definition) is 1. The van der Waals surface area contributed by atoms with Crippen LogP contribution in [0.4, 0.5) is 0 Å². The molecular weight excluding hydrogens is 184 g/mol. The third kappa shape index (κ3) is 1.55. The number of aromatic nitrogens is 1. The van der Waals surface area contributed by atoms with Crippen LogP contribution in [0.2, 0.25) is 0 Å². The number of rotatable bonds is 2. The van der Waals surface area contributed by atoms with Gasteiger partial charge in [0.1, 0.15) is 0 Å². The summed E-state index contributed by atoms with van der Waals surface area (Å²) in [5.74, 6) is 0. The van der Waals surface area contributed by atoms with Crippen molar-refractivity contribution in [3.8, 4) is 0 Å². The lowest BCUT2D eigenvalue weighted by atomic mass is 10.0. The van der Waals surface area contributed by atoms with E-state index < -0.39 is 0 Å². The molecule has 2 rings (SSSR count). The Bertz CT molecular complexity index is 495. The number of nitrogens with two attached hydrogens (primary N) is 1. The molecule has 1 aromatic carbocycles. The molecule has 0 saturated carbocycles. The maximum Gasteiger partial charge on any atom is 0.0512 e. The zero-order valence-corrected chi connectivity index (χ0v) is 9.67. The summed E-state index contributed by atoms with van der Waals surface area (Å²) in [6.45, 7) is 5.04. The van der Waals surface area contributed by atoms with E-state index in [2.05, 4.69) is 43.8 Å². The van der Waals surface area contributed by atoms with Crippen molar-refractivity contribution < 1.29 is 0 Å². The van der Waals surface area contributed by atoms with Crippen molar-refractivity contribution in [1.82, 2.24) is 4.57 Å². The van der Waals surface area contributed by atoms with E-state index in [4.69, 9.17) is 5.73 Å². The van der Waals surface area contributed by atoms with E-state index in [-0.39, 0.29) is 0 Å². The highest BCUT2D eigenvalue weighted by Gasteiger charge is 2.09. The van der Waals surface area contributed by atoms with Crippen LogP contribution in [0.15, 0.2) is 18.3 Å². The van der Waals surface area contributed by atoms with E-state index in [0.29, 0.717) is 6.54 Å². The number of hydrogen-bond donors (Lipinski definition) is 1. The summed E-state index contributed by atoms with van der Waals surface area (Å²) in [5, 5.41) is 1.39. The number of benzene rings is 1. The molecule has 0 aliphatic carbocycles. The van der Waals surface area contributed by atoms with E-state index in [1.807, 2.05) is 0 Å². The first-order valence-electron chi connectivity index (χ1n) is 5.39. The third-order valence-electron chi connectivity index (χ3n) is 3.02. The molecule has 0 amide bonds. The van der Waals surface area contributed by atoms with Gasteiger partial charge >= 0.3 is 0 Å². The first kappa shape index (κ1) is 10.2. The van der Waals surface area contributed by atoms with Crippen LogP contribution in [0, 0.1) is 13.8 Å². The molecule has 15 heavy (non-hydrogen) atoms. The largest absolute Gasteiger partial charge is 0.350 e. The van der Waals surface area contributed by atoms with E-state index in [0.717, 1.165) is 6.42 Å². The van der Waals surface area contributed by atoms with Gasteiger partial charge in [0.2, 0.25) is 0 Å². The normalized spacial score (nSPS) is 11.2. The fraction of sp³-hybridized carbons (Fsp3) is 0.385. The van der Waals surface area contributed by atoms with Crippen LogP contribution in [0.5, 0.6) is 0 Å². The average Bonchev–Trinajstić information content (AvgIpc) is 2.51. The summed E-state index contributed by atoms with van der Waals surface area (Å²) >= 11 is 0. The van der Waals surface area contributed by atoms with E-state index >= 15 is 0 Å². The Morgan fingerprint density at radius 2 is 1.87 bits per heavy atom. The highest BCUT2D eigenvalue weighted by molar-refractivity contribution is 5.89. The molecule has 2 nitrogen and oxygen atoms in total. The minimum Gasteiger partial charge on any atom is -0.350 e. The molecule has 80 valence electrons. The molecule has 0 atom stereocenters. The van der Waals surface area contributed by atoms with Crippen LogP contribution in [0.3, 0.4) is 0 Å². The Hall–Kier alpha value is -1.28. The van der Waals surface area contributed by atoms with Gasteiger partial charge in [0.25, 0.3) is 0 Å². The molecule has 0 aliphatic heterocycles. The Balaban J connectivity index is 2.80. The van der Waals surface area contributed by atoms with Crippen LogP contribution in [-0.2, 0) is 13.5 Å². The fourth-order valence-electron chi connectivity index (χ4n) is 2.36. The molecule has 0 unspecified atom stereocenters. The number of aryl methyl sites for hydroxylation is 3. The summed E-state index contributed by atoms with van der Waals surface area (Å²) in [6.07, 6.45) is 3.17. The van der Waals surface area contributed by atoms with E-state index in [1.165, 1.54) is 27.6 Å². The zero-order chi connectivity index (χ0) is 11.0. The summed E-state index contributed by atoms with van der Waals surface area (Å²) in [6, 6.07) is 4.38. The fourth-order valence-corrected chi connectivity index (χ4v) is 2.36. The minimum absolute atomic E-state index is 0.715. The van der Waals surface area contributed by atoms with Gasteiger partial charge in [-0.05, 0) is 43.5 Å². The van der Waals surface area contributed by atoms with E-state index in [9.17, 15) is 0 Å². The Labute approximate surface area is 90.7 Å². The lowest BCUT2D eigenvalue weighted by Gasteiger charge is -2.04. The van der Waals surface area contributed by atoms with Crippen molar-refractivity contribution in [2.24, 2.45) is 12.8 Å². The van der Waals surface area contributed by atoms with Crippen molar-refractivity contribution in [3.63, 3.8) is 0 Å². The van der Waals surface area contributed by atoms with Crippen LogP contribution in [0.25, 0.3) is 10.9 Å². The number of nitrogens with zero attached hydrogens (tertiary/aromatic N) is 1. The number of fused-ring (bicyclic) bond motifs is 1. The van der Waals surface area contributed by atoms with Gasteiger partial charge in [-0.1, -0.05) is 12.1 Å². The smallest absolute Gasteiger partial charge is 0.0512 e. The molecule has 2 aromatic rings. The van der Waals surface area contributed by atoms with Crippen LogP contribution < -0.4 is 5.73 Å². The first-order valence-corrected chi connectivity index (χ1v) is 5.39. The van der Waals surface area contributed by atoms with Gasteiger partial charge in [-0.15, -0.1) is 0 Å². The predicted octanol–water partition coefficient (Wildman–Crippen LogP) is 2.30. The topological polar surface area (TPSA) is 30.9 Å². The second-order valence-corrected chi connectivity index (χ2v) is 4.23. The Morgan fingerprint density at radius 1 is 1.20 bits per heavy atom. The molecule has 2 heteroatoms. The van der Waals surface area contributed by atoms with Crippen LogP contribution in [-0.4, -0.2) is 11.1 Å². The monoisotopic (exact) mass is 202 g/mol. The lowest BCUT2D eigenvalue weighted by molar-refractivity contribution is 0.927. The summed E-state index contributed by atoms with van der Waals surface area (Å²) < 4.78 is 2.21. The standard InChI is InChI=1S/C13H18N2/c1-9-4-5-10(2)13-12(9)11(6-7-14)8-15(13)3/h4-5,8H,6-7,14H2,1-3H3. The highest BCUT2D eigenvalue weighted by Crippen LogP contribution is 2.27. The molecule has 0 bridgehead atoms.